The van der Waals surface area contributed by atoms with Crippen LogP contribution in [0, 0.1) is 23.0 Å². The fourth-order valence-corrected chi connectivity index (χ4v) is 1.84. The first kappa shape index (κ1) is 32.3. The molecule has 0 bridgehead atoms. The van der Waals surface area contributed by atoms with Crippen LogP contribution in [-0.4, -0.2) is 26.7 Å². The Morgan fingerprint density at radius 1 is 0.750 bits per heavy atom. The number of rotatable bonds is 0. The average molecular weight is 555 g/mol. The Labute approximate surface area is 190 Å². The van der Waals surface area contributed by atoms with Crippen LogP contribution in [0.15, 0.2) is 35.5 Å². The molecule has 0 aromatic carbocycles. The zero-order chi connectivity index (χ0) is 23.0. The molecule has 2 aliphatic rings. The topological polar surface area (TPSA) is 40.5 Å². The van der Waals surface area contributed by atoms with E-state index in [1.165, 1.54) is 11.1 Å². The zero-order valence-electron chi connectivity index (χ0n) is 20.0. The van der Waals surface area contributed by atoms with Crippen LogP contribution in [0.25, 0.3) is 0 Å². The second kappa shape index (κ2) is 17.5. The first-order valence-corrected chi connectivity index (χ1v) is 12.5. The van der Waals surface area contributed by atoms with Gasteiger partial charge in [-0.05, 0) is 27.7 Å². The van der Waals surface area contributed by atoms with Crippen molar-refractivity contribution in [2.24, 2.45) is 10.8 Å². The Morgan fingerprint density at radius 2 is 0.964 bits per heavy atom. The predicted octanol–water partition coefficient (Wildman–Crippen LogP) is 6.18. The summed E-state index contributed by atoms with van der Waals surface area (Å²) in [5.41, 5.74) is 3.48. The molecule has 0 saturated heterocycles. The van der Waals surface area contributed by atoms with Crippen LogP contribution in [0.3, 0.4) is 0 Å². The van der Waals surface area contributed by atoms with Crippen LogP contribution in [0.1, 0.15) is 82.1 Å². The molecule has 3 heteroatoms. The molecule has 0 radical (unpaired) electrons. The van der Waals surface area contributed by atoms with Gasteiger partial charge in [0.2, 0.25) is 0 Å². The van der Waals surface area contributed by atoms with Gasteiger partial charge in [0.25, 0.3) is 0 Å². The van der Waals surface area contributed by atoms with E-state index in [0.717, 1.165) is 36.7 Å². The molecular formula is C25H44HfO2. The van der Waals surface area contributed by atoms with Gasteiger partial charge < -0.3 is 10.2 Å². The molecule has 160 valence electrons. The maximum atomic E-state index is 8.06. The van der Waals surface area contributed by atoms with Crippen molar-refractivity contribution in [3.63, 3.8) is 0 Å². The van der Waals surface area contributed by atoms with Crippen LogP contribution in [0.4, 0.5) is 0 Å². The van der Waals surface area contributed by atoms with Gasteiger partial charge in [0.05, 0.1) is 0 Å². The number of hydrogen-bond donors (Lipinski definition) is 2. The molecule has 28 heavy (non-hydrogen) atoms. The van der Waals surface area contributed by atoms with Crippen molar-refractivity contribution in [1.82, 2.24) is 0 Å². The normalized spacial score (nSPS) is 14.6. The van der Waals surface area contributed by atoms with Crippen molar-refractivity contribution in [3.05, 3.63) is 47.6 Å². The summed E-state index contributed by atoms with van der Waals surface area (Å²) in [6.07, 6.45) is 16.7. The molecule has 0 fully saturated rings. The van der Waals surface area contributed by atoms with Crippen LogP contribution >= 0.6 is 0 Å². The van der Waals surface area contributed by atoms with E-state index in [1.807, 2.05) is 0 Å². The number of aliphatic hydroxyl groups is 2. The molecule has 0 saturated carbocycles. The van der Waals surface area contributed by atoms with Crippen molar-refractivity contribution >= 4 is 4.26 Å². The molecular weight excluding hydrogens is 511 g/mol. The summed E-state index contributed by atoms with van der Waals surface area (Å²) in [6, 6.07) is 0. The zero-order valence-corrected chi connectivity index (χ0v) is 23.6. The van der Waals surface area contributed by atoms with E-state index in [9.17, 15) is 0 Å². The quantitative estimate of drug-likeness (QED) is 0.277. The standard InChI is InChI=1S/2C9H13.2C3H8O.CH2.Hf/c2*1-9(2,3)8-6-4-5-7-8;2*1-3(2)4;;/h2*6-7H,4H2,1-3H3;2*3-4H,1-2H3;1H2;/q2*-1;;;;+2. The summed E-state index contributed by atoms with van der Waals surface area (Å²) in [5, 5.41) is 16.1. The molecule has 0 spiro atoms. The van der Waals surface area contributed by atoms with E-state index in [2.05, 4.69) is 82.3 Å². The van der Waals surface area contributed by atoms with Crippen LogP contribution in [0.5, 0.6) is 0 Å². The van der Waals surface area contributed by atoms with E-state index in [4.69, 9.17) is 10.2 Å². The van der Waals surface area contributed by atoms with Gasteiger partial charge >= 0.3 is 28.2 Å². The fraction of sp³-hybridized carbons (Fsp3) is 0.640. The van der Waals surface area contributed by atoms with E-state index in [0.29, 0.717) is 10.8 Å². The average Bonchev–Trinajstić information content (AvgIpc) is 3.22. The van der Waals surface area contributed by atoms with Gasteiger partial charge in [0.15, 0.2) is 0 Å². The minimum absolute atomic E-state index is 0.167. The molecule has 0 atom stereocenters. The Hall–Kier alpha value is -0.380. The van der Waals surface area contributed by atoms with Gasteiger partial charge in [-0.25, -0.2) is 12.2 Å². The fourth-order valence-electron chi connectivity index (χ4n) is 1.84. The number of allylic oxidation sites excluding steroid dienone is 8. The third kappa shape index (κ3) is 23.7. The molecule has 0 amide bonds. The van der Waals surface area contributed by atoms with Gasteiger partial charge in [0, 0.05) is 12.2 Å². The summed E-state index contributed by atoms with van der Waals surface area (Å²) in [6.45, 7) is 20.2. The van der Waals surface area contributed by atoms with Gasteiger partial charge in [0.1, 0.15) is 0 Å². The van der Waals surface area contributed by atoms with Gasteiger partial charge in [-0.15, -0.1) is 12.8 Å². The molecule has 0 aromatic rings. The summed E-state index contributed by atoms with van der Waals surface area (Å²) in [7, 11) is 0. The molecule has 2 rings (SSSR count). The molecule has 0 unspecified atom stereocenters. The molecule has 0 aliphatic heterocycles. The minimum atomic E-state index is -0.167. The summed E-state index contributed by atoms with van der Waals surface area (Å²) in [4.78, 5) is 0. The first-order valence-electron chi connectivity index (χ1n) is 9.94. The monoisotopic (exact) mass is 556 g/mol. The molecule has 2 nitrogen and oxygen atoms in total. The Balaban J connectivity index is -0.000000309. The van der Waals surface area contributed by atoms with E-state index in [-0.39, 0.29) is 12.2 Å². The van der Waals surface area contributed by atoms with E-state index >= 15 is 0 Å². The summed E-state index contributed by atoms with van der Waals surface area (Å²) < 4.78 is 3.39. The van der Waals surface area contributed by atoms with Crippen molar-refractivity contribution in [1.29, 1.82) is 0 Å². The molecule has 2 aliphatic carbocycles. The van der Waals surface area contributed by atoms with Gasteiger partial charge in [-0.2, -0.15) is 23.3 Å². The third-order valence-electron chi connectivity index (χ3n) is 3.13. The number of aliphatic hydroxyl groups excluding tert-OH is 2. The van der Waals surface area contributed by atoms with Crippen LogP contribution in [0.2, 0.25) is 0 Å². The Morgan fingerprint density at radius 3 is 1.04 bits per heavy atom. The molecule has 2 N–H and O–H groups in total. The van der Waals surface area contributed by atoms with E-state index < -0.39 is 0 Å². The SMILES string of the molecule is CC(C)(C)C1=CC[C-]=C1.CC(C)(C)C1=CC[C-]=C1.CC(C)O.CC(C)O.[CH2]=[Hf+2]. The maximum absolute atomic E-state index is 8.06. The van der Waals surface area contributed by atoms with Crippen molar-refractivity contribution in [3.8, 4) is 0 Å². The Kier molecular flexibility index (Phi) is 20.2. The van der Waals surface area contributed by atoms with Crippen LogP contribution < -0.4 is 0 Å². The predicted molar refractivity (Wildman–Crippen MR) is 122 cm³/mol. The second-order valence-electron chi connectivity index (χ2n) is 9.11. The van der Waals surface area contributed by atoms with Gasteiger partial charge in [-0.3, -0.25) is 12.2 Å². The molecule has 0 heterocycles. The third-order valence-corrected chi connectivity index (χ3v) is 3.13. The van der Waals surface area contributed by atoms with E-state index in [1.54, 1.807) is 27.7 Å². The number of hydrogen-bond acceptors (Lipinski definition) is 2. The second-order valence-corrected chi connectivity index (χ2v) is 9.11. The van der Waals surface area contributed by atoms with Crippen molar-refractivity contribution in [2.45, 2.75) is 94.3 Å². The Bertz CT molecular complexity index is 444. The summed E-state index contributed by atoms with van der Waals surface area (Å²) >= 11 is 1.06. The van der Waals surface area contributed by atoms with Crippen molar-refractivity contribution < 1.29 is 34.1 Å². The van der Waals surface area contributed by atoms with Crippen molar-refractivity contribution in [2.75, 3.05) is 0 Å². The van der Waals surface area contributed by atoms with Gasteiger partial charge in [-0.1, -0.05) is 52.4 Å². The summed E-state index contributed by atoms with van der Waals surface area (Å²) in [5.74, 6) is 0. The molecule has 0 aromatic heterocycles. The first-order chi connectivity index (χ1) is 12.7. The van der Waals surface area contributed by atoms with Crippen LogP contribution in [-0.2, 0) is 23.9 Å².